The van der Waals surface area contributed by atoms with Crippen LogP contribution >= 0.6 is 0 Å². The van der Waals surface area contributed by atoms with Gasteiger partial charge in [0.15, 0.2) is 5.78 Å². The summed E-state index contributed by atoms with van der Waals surface area (Å²) < 4.78 is 5.48. The number of fused-ring (bicyclic) bond motifs is 1. The van der Waals surface area contributed by atoms with Crippen LogP contribution in [0.1, 0.15) is 35.2 Å². The fraction of sp³-hybridized carbons (Fsp3) is 0.263. The number of hydrogen-bond donors (Lipinski definition) is 0. The average molecular weight is 307 g/mol. The van der Waals surface area contributed by atoms with E-state index in [4.69, 9.17) is 4.74 Å². The first-order valence-corrected chi connectivity index (χ1v) is 7.87. The second-order valence-corrected chi connectivity index (χ2v) is 6.11. The maximum Gasteiger partial charge on any atom is 0.415 e. The summed E-state index contributed by atoms with van der Waals surface area (Å²) in [6.45, 7) is 0.211. The minimum absolute atomic E-state index is 0.0519. The molecule has 0 N–H and O–H groups in total. The zero-order chi connectivity index (χ0) is 15.9. The molecule has 0 saturated heterocycles. The van der Waals surface area contributed by atoms with Gasteiger partial charge >= 0.3 is 6.09 Å². The van der Waals surface area contributed by atoms with Crippen LogP contribution in [0.3, 0.4) is 0 Å². The lowest BCUT2D eigenvalue weighted by Crippen LogP contribution is -2.58. The van der Waals surface area contributed by atoms with Gasteiger partial charge in [-0.25, -0.2) is 4.79 Å². The summed E-state index contributed by atoms with van der Waals surface area (Å²) in [5, 5.41) is 0. The number of carbonyl (C=O) groups is 2. The molecule has 4 nitrogen and oxygen atoms in total. The predicted octanol–water partition coefficient (Wildman–Crippen LogP) is 3.95. The van der Waals surface area contributed by atoms with Crippen molar-refractivity contribution < 1.29 is 14.3 Å². The van der Waals surface area contributed by atoms with Crippen LogP contribution in [0.2, 0.25) is 0 Å². The zero-order valence-corrected chi connectivity index (χ0v) is 12.7. The van der Waals surface area contributed by atoms with E-state index in [0.29, 0.717) is 24.1 Å². The maximum atomic E-state index is 12.7. The summed E-state index contributed by atoms with van der Waals surface area (Å²) in [5.74, 6) is 0.0519. The highest BCUT2D eigenvalue weighted by atomic mass is 16.6. The van der Waals surface area contributed by atoms with E-state index in [-0.39, 0.29) is 12.4 Å². The number of anilines is 1. The molecule has 0 bridgehead atoms. The number of carbonyl (C=O) groups excluding carboxylic acids is 2. The van der Waals surface area contributed by atoms with Crippen molar-refractivity contribution >= 4 is 17.6 Å². The lowest BCUT2D eigenvalue weighted by Gasteiger charge is -2.43. The third kappa shape index (κ3) is 2.05. The van der Waals surface area contributed by atoms with Crippen molar-refractivity contribution in [1.29, 1.82) is 0 Å². The molecule has 4 heteroatoms. The molecule has 0 unspecified atom stereocenters. The van der Waals surface area contributed by atoms with E-state index in [1.54, 1.807) is 11.0 Å². The molecule has 116 valence electrons. The summed E-state index contributed by atoms with van der Waals surface area (Å²) in [7, 11) is 0. The average Bonchev–Trinajstić information content (AvgIpc) is 2.83. The third-order valence-electron chi connectivity index (χ3n) is 4.81. The van der Waals surface area contributed by atoms with E-state index in [0.717, 1.165) is 12.0 Å². The van der Waals surface area contributed by atoms with Crippen molar-refractivity contribution in [3.63, 3.8) is 0 Å². The molecular weight excluding hydrogens is 290 g/mol. The Labute approximate surface area is 134 Å². The Kier molecular flexibility index (Phi) is 3.18. The van der Waals surface area contributed by atoms with Gasteiger partial charge in [-0.05, 0) is 37.0 Å². The number of hydrogen-bond acceptors (Lipinski definition) is 3. The number of ether oxygens (including phenoxy) is 1. The second kappa shape index (κ2) is 5.23. The smallest absolute Gasteiger partial charge is 0.415 e. The molecule has 1 spiro atoms. The standard InChI is InChI=1S/C19H17NO3/c21-17-15-9-4-5-10-16(15)20(19(17)11-6-12-19)18(22)23-13-14-7-2-1-3-8-14/h1-5,7-10H,6,11-13H2. The molecular formula is C19H17NO3. The van der Waals surface area contributed by atoms with Gasteiger partial charge in [-0.3, -0.25) is 9.69 Å². The highest BCUT2D eigenvalue weighted by Gasteiger charge is 2.57. The Morgan fingerprint density at radius 1 is 1.04 bits per heavy atom. The lowest BCUT2D eigenvalue weighted by molar-refractivity contribution is 0.0783. The summed E-state index contributed by atoms with van der Waals surface area (Å²) in [4.78, 5) is 27.0. The number of nitrogens with zero attached hydrogens (tertiary/aromatic N) is 1. The number of benzene rings is 2. The normalized spacial score (nSPS) is 17.7. The number of Topliss-reactive ketones (excluding diaryl/α,β-unsaturated/α-hetero) is 1. The van der Waals surface area contributed by atoms with E-state index in [9.17, 15) is 9.59 Å². The van der Waals surface area contributed by atoms with Crippen molar-refractivity contribution in [3.05, 3.63) is 65.7 Å². The van der Waals surface area contributed by atoms with Crippen LogP contribution in [-0.2, 0) is 11.3 Å². The molecule has 1 fully saturated rings. The zero-order valence-electron chi connectivity index (χ0n) is 12.7. The van der Waals surface area contributed by atoms with Crippen LogP contribution in [0.5, 0.6) is 0 Å². The molecule has 1 aliphatic carbocycles. The van der Waals surface area contributed by atoms with Gasteiger partial charge in [0.25, 0.3) is 0 Å². The molecule has 0 atom stereocenters. The minimum Gasteiger partial charge on any atom is -0.444 e. The third-order valence-corrected chi connectivity index (χ3v) is 4.81. The van der Waals surface area contributed by atoms with Crippen molar-refractivity contribution in [3.8, 4) is 0 Å². The second-order valence-electron chi connectivity index (χ2n) is 6.11. The Hall–Kier alpha value is -2.62. The molecule has 0 radical (unpaired) electrons. The summed E-state index contributed by atoms with van der Waals surface area (Å²) >= 11 is 0. The molecule has 2 aliphatic rings. The summed E-state index contributed by atoms with van der Waals surface area (Å²) in [5.41, 5.74) is 1.53. The number of ketones is 1. The van der Waals surface area contributed by atoms with Crippen molar-refractivity contribution in [2.75, 3.05) is 4.90 Å². The van der Waals surface area contributed by atoms with E-state index in [1.165, 1.54) is 0 Å². The molecule has 4 rings (SSSR count). The van der Waals surface area contributed by atoms with Gasteiger partial charge in [0.05, 0.1) is 5.69 Å². The SMILES string of the molecule is O=C(OCc1ccccc1)N1c2ccccc2C(=O)C12CCC2. The van der Waals surface area contributed by atoms with E-state index >= 15 is 0 Å². The quantitative estimate of drug-likeness (QED) is 0.844. The first-order valence-electron chi connectivity index (χ1n) is 7.87. The van der Waals surface area contributed by atoms with Gasteiger partial charge in [0, 0.05) is 5.56 Å². The molecule has 1 heterocycles. The highest BCUT2D eigenvalue weighted by Crippen LogP contribution is 2.49. The van der Waals surface area contributed by atoms with Gasteiger partial charge in [0.1, 0.15) is 12.1 Å². The molecule has 0 aromatic heterocycles. The van der Waals surface area contributed by atoms with E-state index < -0.39 is 11.6 Å². The first-order chi connectivity index (χ1) is 11.2. The lowest BCUT2D eigenvalue weighted by atomic mass is 9.73. The highest BCUT2D eigenvalue weighted by molar-refractivity contribution is 6.20. The molecule has 1 aliphatic heterocycles. The number of amides is 1. The fourth-order valence-electron chi connectivity index (χ4n) is 3.46. The van der Waals surface area contributed by atoms with Crippen LogP contribution in [0, 0.1) is 0 Å². The number of para-hydroxylation sites is 1. The van der Waals surface area contributed by atoms with Crippen molar-refractivity contribution in [1.82, 2.24) is 0 Å². The Morgan fingerprint density at radius 3 is 2.43 bits per heavy atom. The molecule has 1 saturated carbocycles. The predicted molar refractivity (Wildman–Crippen MR) is 86.5 cm³/mol. The molecule has 23 heavy (non-hydrogen) atoms. The van der Waals surface area contributed by atoms with Crippen molar-refractivity contribution in [2.45, 2.75) is 31.4 Å². The van der Waals surface area contributed by atoms with E-state index in [2.05, 4.69) is 0 Å². The summed E-state index contributed by atoms with van der Waals surface area (Å²) in [6.07, 6.45) is 1.94. The Balaban J connectivity index is 1.61. The van der Waals surface area contributed by atoms with E-state index in [1.807, 2.05) is 48.5 Å². The maximum absolute atomic E-state index is 12.7. The van der Waals surface area contributed by atoms with Crippen LogP contribution in [0.15, 0.2) is 54.6 Å². The molecule has 1 amide bonds. The van der Waals surface area contributed by atoms with Gasteiger partial charge in [-0.2, -0.15) is 0 Å². The monoisotopic (exact) mass is 307 g/mol. The largest absolute Gasteiger partial charge is 0.444 e. The van der Waals surface area contributed by atoms with Crippen LogP contribution in [0.25, 0.3) is 0 Å². The topological polar surface area (TPSA) is 46.6 Å². The van der Waals surface area contributed by atoms with Gasteiger partial charge in [-0.15, -0.1) is 0 Å². The van der Waals surface area contributed by atoms with Crippen molar-refractivity contribution in [2.24, 2.45) is 0 Å². The Bertz CT molecular complexity index is 765. The molecule has 2 aromatic rings. The van der Waals surface area contributed by atoms with Crippen LogP contribution < -0.4 is 4.90 Å². The summed E-state index contributed by atoms with van der Waals surface area (Å²) in [6, 6.07) is 16.9. The van der Waals surface area contributed by atoms with Gasteiger partial charge < -0.3 is 4.74 Å². The Morgan fingerprint density at radius 2 is 1.74 bits per heavy atom. The molecule has 2 aromatic carbocycles. The fourth-order valence-corrected chi connectivity index (χ4v) is 3.46. The first kappa shape index (κ1) is 14.0. The number of rotatable bonds is 2. The van der Waals surface area contributed by atoms with Crippen LogP contribution in [-0.4, -0.2) is 17.4 Å². The van der Waals surface area contributed by atoms with Gasteiger partial charge in [-0.1, -0.05) is 42.5 Å². The van der Waals surface area contributed by atoms with Gasteiger partial charge in [0.2, 0.25) is 0 Å². The van der Waals surface area contributed by atoms with Crippen LogP contribution in [0.4, 0.5) is 10.5 Å². The minimum atomic E-state index is -0.711.